The molecule has 0 spiro atoms. The van der Waals surface area contributed by atoms with Gasteiger partial charge in [0.1, 0.15) is 0 Å². The third-order valence-electron chi connectivity index (χ3n) is 2.66. The standard InChI is InChI=1S/C12H16N2O5/c1-3-8(7-19-2)13-11-6-9(14(17)18)4-5-10(11)12(15)16/h4-6,8,13H,3,7H2,1-2H3,(H,15,16). The van der Waals surface area contributed by atoms with E-state index < -0.39 is 10.9 Å². The van der Waals surface area contributed by atoms with Crippen LogP contribution in [0.15, 0.2) is 18.2 Å². The fourth-order valence-electron chi connectivity index (χ4n) is 1.63. The second kappa shape index (κ2) is 6.69. The first-order valence-corrected chi connectivity index (χ1v) is 5.76. The van der Waals surface area contributed by atoms with Crippen LogP contribution in [-0.2, 0) is 4.74 Å². The first kappa shape index (κ1) is 14.9. The van der Waals surface area contributed by atoms with Crippen molar-refractivity contribution in [2.24, 2.45) is 0 Å². The Labute approximate surface area is 110 Å². The first-order valence-electron chi connectivity index (χ1n) is 5.76. The number of carboxylic acids is 1. The molecule has 0 aliphatic rings. The molecule has 7 heteroatoms. The zero-order valence-corrected chi connectivity index (χ0v) is 10.8. The molecule has 1 aromatic carbocycles. The van der Waals surface area contributed by atoms with Gasteiger partial charge in [-0.25, -0.2) is 4.79 Å². The summed E-state index contributed by atoms with van der Waals surface area (Å²) in [6.45, 7) is 2.30. The number of carboxylic acid groups (broad SMARTS) is 1. The SMILES string of the molecule is CCC(COC)Nc1cc([N+](=O)[O-])ccc1C(=O)O. The highest BCUT2D eigenvalue weighted by atomic mass is 16.6. The van der Waals surface area contributed by atoms with Crippen LogP contribution >= 0.6 is 0 Å². The maximum absolute atomic E-state index is 11.1. The summed E-state index contributed by atoms with van der Waals surface area (Å²) in [6, 6.07) is 3.51. The topological polar surface area (TPSA) is 102 Å². The van der Waals surface area contributed by atoms with Crippen molar-refractivity contribution in [2.75, 3.05) is 19.0 Å². The number of rotatable bonds is 7. The highest BCUT2D eigenvalue weighted by Crippen LogP contribution is 2.23. The third kappa shape index (κ3) is 3.92. The minimum absolute atomic E-state index is 0.000142. The predicted octanol–water partition coefficient (Wildman–Crippen LogP) is 2.13. The van der Waals surface area contributed by atoms with Gasteiger partial charge < -0.3 is 15.2 Å². The number of hydrogen-bond acceptors (Lipinski definition) is 5. The molecule has 0 saturated heterocycles. The van der Waals surface area contributed by atoms with E-state index in [0.29, 0.717) is 13.0 Å². The van der Waals surface area contributed by atoms with E-state index in [9.17, 15) is 14.9 Å². The van der Waals surface area contributed by atoms with Crippen molar-refractivity contribution < 1.29 is 19.6 Å². The highest BCUT2D eigenvalue weighted by molar-refractivity contribution is 5.94. The van der Waals surface area contributed by atoms with Gasteiger partial charge in [0.05, 0.1) is 22.8 Å². The van der Waals surface area contributed by atoms with Gasteiger partial charge in [0.2, 0.25) is 0 Å². The van der Waals surface area contributed by atoms with E-state index in [4.69, 9.17) is 9.84 Å². The average molecular weight is 268 g/mol. The summed E-state index contributed by atoms with van der Waals surface area (Å²) >= 11 is 0. The minimum atomic E-state index is -1.13. The molecule has 0 aromatic heterocycles. The summed E-state index contributed by atoms with van der Waals surface area (Å²) in [6.07, 6.45) is 0.704. The molecule has 19 heavy (non-hydrogen) atoms. The number of ether oxygens (including phenoxy) is 1. The number of non-ortho nitro benzene ring substituents is 1. The Balaban J connectivity index is 3.09. The van der Waals surface area contributed by atoms with Gasteiger partial charge in [-0.3, -0.25) is 10.1 Å². The molecule has 1 aromatic rings. The van der Waals surface area contributed by atoms with Gasteiger partial charge in [0.15, 0.2) is 0 Å². The molecular formula is C12H16N2O5. The van der Waals surface area contributed by atoms with Crippen LogP contribution in [0.3, 0.4) is 0 Å². The Bertz CT molecular complexity index is 475. The molecule has 0 aliphatic heterocycles. The summed E-state index contributed by atoms with van der Waals surface area (Å²) in [7, 11) is 1.54. The number of methoxy groups -OCH3 is 1. The monoisotopic (exact) mass is 268 g/mol. The molecule has 104 valence electrons. The zero-order valence-electron chi connectivity index (χ0n) is 10.8. The summed E-state index contributed by atoms with van der Waals surface area (Å²) in [5.74, 6) is -1.13. The normalized spacial score (nSPS) is 11.9. The van der Waals surface area contributed by atoms with Gasteiger partial charge in [-0.2, -0.15) is 0 Å². The van der Waals surface area contributed by atoms with Gasteiger partial charge in [0.25, 0.3) is 5.69 Å². The van der Waals surface area contributed by atoms with E-state index in [1.54, 1.807) is 0 Å². The van der Waals surface area contributed by atoms with E-state index in [0.717, 1.165) is 0 Å². The van der Waals surface area contributed by atoms with Crippen LogP contribution in [0.1, 0.15) is 23.7 Å². The van der Waals surface area contributed by atoms with E-state index in [1.807, 2.05) is 6.92 Å². The quantitative estimate of drug-likeness (QED) is 0.580. The number of nitrogens with zero attached hydrogens (tertiary/aromatic N) is 1. The van der Waals surface area contributed by atoms with Gasteiger partial charge in [0, 0.05) is 25.3 Å². The van der Waals surface area contributed by atoms with Crippen molar-refractivity contribution >= 4 is 17.3 Å². The van der Waals surface area contributed by atoms with E-state index >= 15 is 0 Å². The van der Waals surface area contributed by atoms with Gasteiger partial charge in [-0.05, 0) is 12.5 Å². The molecule has 1 rings (SSSR count). The third-order valence-corrected chi connectivity index (χ3v) is 2.66. The van der Waals surface area contributed by atoms with Gasteiger partial charge in [-0.1, -0.05) is 6.92 Å². The number of nitrogens with one attached hydrogen (secondary N) is 1. The lowest BCUT2D eigenvalue weighted by Gasteiger charge is -2.18. The van der Waals surface area contributed by atoms with Crippen LogP contribution in [0.4, 0.5) is 11.4 Å². The predicted molar refractivity (Wildman–Crippen MR) is 69.6 cm³/mol. The summed E-state index contributed by atoms with van der Waals surface area (Å²) in [5.41, 5.74) is 0.0746. The summed E-state index contributed by atoms with van der Waals surface area (Å²) in [5, 5.41) is 22.8. The van der Waals surface area contributed by atoms with Crippen LogP contribution in [0.5, 0.6) is 0 Å². The lowest BCUT2D eigenvalue weighted by atomic mass is 10.1. The fourth-order valence-corrected chi connectivity index (χ4v) is 1.63. The Morgan fingerprint density at radius 3 is 2.74 bits per heavy atom. The molecule has 0 saturated carbocycles. The van der Waals surface area contributed by atoms with Gasteiger partial charge in [-0.15, -0.1) is 0 Å². The minimum Gasteiger partial charge on any atom is -0.478 e. The Kier molecular flexibility index (Phi) is 5.25. The van der Waals surface area contributed by atoms with Crippen molar-refractivity contribution in [3.8, 4) is 0 Å². The number of hydrogen-bond donors (Lipinski definition) is 2. The smallest absolute Gasteiger partial charge is 0.337 e. The van der Waals surface area contributed by atoms with Crippen molar-refractivity contribution in [1.29, 1.82) is 0 Å². The van der Waals surface area contributed by atoms with E-state index in [-0.39, 0.29) is 23.0 Å². The lowest BCUT2D eigenvalue weighted by molar-refractivity contribution is -0.384. The van der Waals surface area contributed by atoms with E-state index in [1.165, 1.54) is 25.3 Å². The molecule has 0 amide bonds. The van der Waals surface area contributed by atoms with Crippen LogP contribution in [0.25, 0.3) is 0 Å². The zero-order chi connectivity index (χ0) is 14.4. The molecule has 1 unspecified atom stereocenters. The molecule has 1 atom stereocenters. The molecule has 0 bridgehead atoms. The maximum atomic E-state index is 11.1. The Hall–Kier alpha value is -2.15. The Morgan fingerprint density at radius 1 is 1.58 bits per heavy atom. The molecule has 0 fully saturated rings. The molecule has 2 N–H and O–H groups in total. The lowest BCUT2D eigenvalue weighted by Crippen LogP contribution is -2.25. The van der Waals surface area contributed by atoms with Crippen molar-refractivity contribution in [3.05, 3.63) is 33.9 Å². The molecule has 0 aliphatic carbocycles. The summed E-state index contributed by atoms with van der Waals surface area (Å²) in [4.78, 5) is 21.2. The second-order valence-electron chi connectivity index (χ2n) is 4.00. The number of nitro groups is 1. The van der Waals surface area contributed by atoms with E-state index in [2.05, 4.69) is 5.32 Å². The number of anilines is 1. The molecule has 0 radical (unpaired) electrons. The number of aromatic carboxylic acids is 1. The highest BCUT2D eigenvalue weighted by Gasteiger charge is 2.17. The van der Waals surface area contributed by atoms with Crippen LogP contribution in [0.2, 0.25) is 0 Å². The van der Waals surface area contributed by atoms with Gasteiger partial charge >= 0.3 is 5.97 Å². The average Bonchev–Trinajstić information content (AvgIpc) is 2.37. The van der Waals surface area contributed by atoms with Crippen LogP contribution in [0, 0.1) is 10.1 Å². The summed E-state index contributed by atoms with van der Waals surface area (Å²) < 4.78 is 5.00. The fraction of sp³-hybridized carbons (Fsp3) is 0.417. The Morgan fingerprint density at radius 2 is 2.26 bits per heavy atom. The van der Waals surface area contributed by atoms with Crippen molar-refractivity contribution in [1.82, 2.24) is 0 Å². The van der Waals surface area contributed by atoms with Crippen molar-refractivity contribution in [2.45, 2.75) is 19.4 Å². The molecule has 0 heterocycles. The number of nitro benzene ring substituents is 1. The largest absolute Gasteiger partial charge is 0.478 e. The van der Waals surface area contributed by atoms with Crippen LogP contribution in [-0.4, -0.2) is 35.8 Å². The molecule has 7 nitrogen and oxygen atoms in total. The number of carbonyl (C=O) groups is 1. The maximum Gasteiger partial charge on any atom is 0.337 e. The first-order chi connectivity index (χ1) is 8.99. The molecular weight excluding hydrogens is 252 g/mol. The number of benzene rings is 1. The van der Waals surface area contributed by atoms with Crippen LogP contribution < -0.4 is 5.32 Å². The second-order valence-corrected chi connectivity index (χ2v) is 4.00. The van der Waals surface area contributed by atoms with Crippen molar-refractivity contribution in [3.63, 3.8) is 0 Å².